The second-order valence-electron chi connectivity index (χ2n) is 4.73. The van der Waals surface area contributed by atoms with Gasteiger partial charge in [0, 0.05) is 11.5 Å². The summed E-state index contributed by atoms with van der Waals surface area (Å²) < 4.78 is 16.3. The molecular formula is C13H14FN3S. The summed E-state index contributed by atoms with van der Waals surface area (Å²) in [6, 6.07) is 6.68. The summed E-state index contributed by atoms with van der Waals surface area (Å²) in [5, 5.41) is 7.10. The molecule has 1 unspecified atom stereocenters. The minimum absolute atomic E-state index is 0.131. The van der Waals surface area contributed by atoms with Crippen LogP contribution in [0.3, 0.4) is 0 Å². The fourth-order valence-corrected chi connectivity index (χ4v) is 2.57. The fraction of sp³-hybridized carbons (Fsp3) is 0.385. The topological polar surface area (TPSA) is 33.6 Å². The van der Waals surface area contributed by atoms with Gasteiger partial charge in [0.1, 0.15) is 11.6 Å². The molecule has 3 nitrogen and oxygen atoms in total. The summed E-state index contributed by atoms with van der Waals surface area (Å²) in [7, 11) is 0. The van der Waals surface area contributed by atoms with Crippen LogP contribution in [0.5, 0.6) is 0 Å². The van der Waals surface area contributed by atoms with Crippen LogP contribution in [0.1, 0.15) is 43.1 Å². The Morgan fingerprint density at radius 2 is 2.17 bits per heavy atom. The molecule has 94 valence electrons. The molecule has 0 bridgehead atoms. The quantitative estimate of drug-likeness (QED) is 0.859. The maximum atomic E-state index is 13.8. The summed E-state index contributed by atoms with van der Waals surface area (Å²) in [6.07, 6.45) is 2.28. The maximum Gasteiger partial charge on any atom is 0.195 e. The predicted octanol–water partition coefficient (Wildman–Crippen LogP) is 3.57. The molecule has 2 aromatic rings. The van der Waals surface area contributed by atoms with Crippen molar-refractivity contribution in [1.29, 1.82) is 0 Å². The smallest absolute Gasteiger partial charge is 0.195 e. The number of nitrogens with one attached hydrogen (secondary N) is 1. The van der Waals surface area contributed by atoms with Crippen LogP contribution < -0.4 is 0 Å². The van der Waals surface area contributed by atoms with Crippen molar-refractivity contribution in [3.05, 3.63) is 46.2 Å². The van der Waals surface area contributed by atoms with E-state index < -0.39 is 0 Å². The van der Waals surface area contributed by atoms with Crippen molar-refractivity contribution in [3.63, 3.8) is 0 Å². The van der Waals surface area contributed by atoms with E-state index >= 15 is 0 Å². The molecule has 1 aromatic carbocycles. The van der Waals surface area contributed by atoms with Gasteiger partial charge in [-0.1, -0.05) is 18.2 Å². The molecule has 0 spiro atoms. The number of rotatable bonds is 3. The standard InChI is InChI=1S/C13H14FN3S/c1-8(10-4-2-3-5-11(10)14)17-12(9-6-7-9)15-16-13(17)18/h2-5,8-9H,6-7H2,1H3,(H,16,18). The van der Waals surface area contributed by atoms with Crippen LogP contribution in [0.15, 0.2) is 24.3 Å². The number of aromatic amines is 1. The summed E-state index contributed by atoms with van der Waals surface area (Å²) in [4.78, 5) is 0. The number of H-pyrrole nitrogens is 1. The van der Waals surface area contributed by atoms with Crippen molar-refractivity contribution >= 4 is 12.2 Å². The van der Waals surface area contributed by atoms with Gasteiger partial charge in [0.2, 0.25) is 0 Å². The summed E-state index contributed by atoms with van der Waals surface area (Å²) in [6.45, 7) is 1.95. The third-order valence-electron chi connectivity index (χ3n) is 3.42. The normalized spacial score (nSPS) is 16.8. The molecule has 1 N–H and O–H groups in total. The maximum absolute atomic E-state index is 13.8. The lowest BCUT2D eigenvalue weighted by molar-refractivity contribution is 0.540. The Morgan fingerprint density at radius 3 is 2.83 bits per heavy atom. The van der Waals surface area contributed by atoms with Gasteiger partial charge in [-0.05, 0) is 38.0 Å². The van der Waals surface area contributed by atoms with Crippen LogP contribution in [0, 0.1) is 10.6 Å². The lowest BCUT2D eigenvalue weighted by Crippen LogP contribution is -2.12. The Labute approximate surface area is 110 Å². The number of halogens is 1. The highest BCUT2D eigenvalue weighted by Crippen LogP contribution is 2.40. The molecule has 1 heterocycles. The Bertz CT molecular complexity index is 627. The Hall–Kier alpha value is -1.49. The van der Waals surface area contributed by atoms with E-state index in [4.69, 9.17) is 12.2 Å². The van der Waals surface area contributed by atoms with E-state index in [2.05, 4.69) is 10.2 Å². The zero-order valence-corrected chi connectivity index (χ0v) is 10.9. The number of hydrogen-bond donors (Lipinski definition) is 1. The monoisotopic (exact) mass is 263 g/mol. The molecule has 3 rings (SSSR count). The number of hydrogen-bond acceptors (Lipinski definition) is 2. The lowest BCUT2D eigenvalue weighted by Gasteiger charge is -2.16. The van der Waals surface area contributed by atoms with Crippen LogP contribution in [-0.4, -0.2) is 14.8 Å². The van der Waals surface area contributed by atoms with Gasteiger partial charge in [-0.25, -0.2) is 4.39 Å². The Morgan fingerprint density at radius 1 is 1.44 bits per heavy atom. The molecule has 18 heavy (non-hydrogen) atoms. The molecule has 1 aliphatic carbocycles. The van der Waals surface area contributed by atoms with Crippen molar-refractivity contribution in [1.82, 2.24) is 14.8 Å². The van der Waals surface area contributed by atoms with Crippen molar-refractivity contribution in [2.75, 3.05) is 0 Å². The van der Waals surface area contributed by atoms with E-state index in [0.717, 1.165) is 18.7 Å². The van der Waals surface area contributed by atoms with E-state index in [1.54, 1.807) is 12.1 Å². The van der Waals surface area contributed by atoms with Gasteiger partial charge in [0.05, 0.1) is 6.04 Å². The molecule has 1 saturated carbocycles. The molecule has 1 atom stereocenters. The molecule has 0 radical (unpaired) electrons. The summed E-state index contributed by atoms with van der Waals surface area (Å²) >= 11 is 5.26. The molecule has 0 amide bonds. The molecule has 0 saturated heterocycles. The van der Waals surface area contributed by atoms with Crippen molar-refractivity contribution in [2.24, 2.45) is 0 Å². The zero-order chi connectivity index (χ0) is 12.7. The van der Waals surface area contributed by atoms with Crippen molar-refractivity contribution < 1.29 is 4.39 Å². The van der Waals surface area contributed by atoms with E-state index in [-0.39, 0.29) is 11.9 Å². The fourth-order valence-electron chi connectivity index (χ4n) is 2.27. The minimum Gasteiger partial charge on any atom is -0.296 e. The van der Waals surface area contributed by atoms with Gasteiger partial charge in [-0.15, -0.1) is 0 Å². The molecule has 1 fully saturated rings. The SMILES string of the molecule is CC(c1ccccc1F)n1c(C2CC2)n[nH]c1=S. The lowest BCUT2D eigenvalue weighted by atomic mass is 10.1. The molecule has 1 aromatic heterocycles. The average Bonchev–Trinajstić information content (AvgIpc) is 3.13. The summed E-state index contributed by atoms with van der Waals surface area (Å²) in [5.41, 5.74) is 0.650. The highest BCUT2D eigenvalue weighted by atomic mass is 32.1. The highest BCUT2D eigenvalue weighted by molar-refractivity contribution is 7.71. The van der Waals surface area contributed by atoms with Gasteiger partial charge >= 0.3 is 0 Å². The van der Waals surface area contributed by atoms with Crippen LogP contribution in [-0.2, 0) is 0 Å². The average molecular weight is 263 g/mol. The number of aromatic nitrogens is 3. The molecular weight excluding hydrogens is 249 g/mol. The number of nitrogens with zero attached hydrogens (tertiary/aromatic N) is 2. The first kappa shape index (κ1) is 11.6. The largest absolute Gasteiger partial charge is 0.296 e. The molecule has 5 heteroatoms. The highest BCUT2D eigenvalue weighted by Gasteiger charge is 2.31. The summed E-state index contributed by atoms with van der Waals surface area (Å²) in [5.74, 6) is 1.23. The van der Waals surface area contributed by atoms with Crippen molar-refractivity contribution in [3.8, 4) is 0 Å². The van der Waals surface area contributed by atoms with Crippen LogP contribution >= 0.6 is 12.2 Å². The van der Waals surface area contributed by atoms with Crippen LogP contribution in [0.25, 0.3) is 0 Å². The number of benzene rings is 1. The van der Waals surface area contributed by atoms with Gasteiger partial charge in [0.15, 0.2) is 4.77 Å². The first-order chi connectivity index (χ1) is 8.68. The Kier molecular flexibility index (Phi) is 2.78. The van der Waals surface area contributed by atoms with Gasteiger partial charge in [-0.3, -0.25) is 9.67 Å². The first-order valence-corrected chi connectivity index (χ1v) is 6.50. The van der Waals surface area contributed by atoms with Gasteiger partial charge < -0.3 is 0 Å². The van der Waals surface area contributed by atoms with Gasteiger partial charge in [-0.2, -0.15) is 5.10 Å². The second-order valence-corrected chi connectivity index (χ2v) is 5.12. The van der Waals surface area contributed by atoms with E-state index in [0.29, 0.717) is 16.3 Å². The third-order valence-corrected chi connectivity index (χ3v) is 3.70. The third kappa shape index (κ3) is 1.88. The molecule has 0 aliphatic heterocycles. The molecule has 1 aliphatic rings. The Balaban J connectivity index is 2.07. The minimum atomic E-state index is -0.199. The van der Waals surface area contributed by atoms with E-state index in [1.807, 2.05) is 17.6 Å². The van der Waals surface area contributed by atoms with Crippen LogP contribution in [0.2, 0.25) is 0 Å². The zero-order valence-electron chi connectivity index (χ0n) is 10.1. The van der Waals surface area contributed by atoms with E-state index in [9.17, 15) is 4.39 Å². The second kappa shape index (κ2) is 4.31. The van der Waals surface area contributed by atoms with Gasteiger partial charge in [0.25, 0.3) is 0 Å². The van der Waals surface area contributed by atoms with Crippen molar-refractivity contribution in [2.45, 2.75) is 31.7 Å². The first-order valence-electron chi connectivity index (χ1n) is 6.09. The van der Waals surface area contributed by atoms with E-state index in [1.165, 1.54) is 6.07 Å². The predicted molar refractivity (Wildman–Crippen MR) is 69.6 cm³/mol. The van der Waals surface area contributed by atoms with Crippen LogP contribution in [0.4, 0.5) is 4.39 Å².